The minimum Gasteiger partial charge on any atom is -0.303 e. The van der Waals surface area contributed by atoms with Crippen molar-refractivity contribution >= 4 is 31.6 Å². The van der Waals surface area contributed by atoms with Crippen LogP contribution in [0.2, 0.25) is 0 Å². The first-order valence-corrected chi connectivity index (χ1v) is 10.1. The number of hydrogen-bond acceptors (Lipinski definition) is 5. The van der Waals surface area contributed by atoms with Gasteiger partial charge in [-0.15, -0.1) is 0 Å². The number of sulfonamides is 1. The molecule has 6 nitrogen and oxygen atoms in total. The van der Waals surface area contributed by atoms with Gasteiger partial charge in [0.2, 0.25) is 10.0 Å². The molecule has 0 atom stereocenters. The molecule has 0 spiro atoms. The maximum absolute atomic E-state index is 12.4. The van der Waals surface area contributed by atoms with Crippen LogP contribution in [0.4, 0.5) is 0 Å². The number of fused-ring (bicyclic) bond motifs is 1. The molecule has 1 fully saturated rings. The molecule has 2 heterocycles. The Morgan fingerprint density at radius 3 is 2.74 bits per heavy atom. The summed E-state index contributed by atoms with van der Waals surface area (Å²) in [6.45, 7) is 3.61. The predicted octanol–water partition coefficient (Wildman–Crippen LogP) is 1.36. The summed E-state index contributed by atoms with van der Waals surface area (Å²) in [5.74, 6) is 0. The largest absolute Gasteiger partial charge is 0.307 e. The molecule has 3 rings (SSSR count). The Morgan fingerprint density at radius 1 is 1.26 bits per heavy atom. The van der Waals surface area contributed by atoms with Gasteiger partial charge in [0.15, 0.2) is 0 Å². The first-order chi connectivity index (χ1) is 11.0. The molecule has 23 heavy (non-hydrogen) atoms. The average molecular weight is 355 g/mol. The number of aromatic nitrogens is 1. The summed E-state index contributed by atoms with van der Waals surface area (Å²) < 4.78 is 29.6. The number of rotatable bonds is 6. The molecule has 1 saturated heterocycles. The second-order valence-corrected chi connectivity index (χ2v) is 8.62. The van der Waals surface area contributed by atoms with Crippen LogP contribution in [0.15, 0.2) is 27.9 Å². The number of hydrogen-bond donors (Lipinski definition) is 1. The van der Waals surface area contributed by atoms with E-state index in [9.17, 15) is 13.2 Å². The van der Waals surface area contributed by atoms with Crippen molar-refractivity contribution in [2.45, 2.75) is 24.2 Å². The zero-order valence-electron chi connectivity index (χ0n) is 13.1. The number of nitrogens with zero attached hydrogens (tertiary/aromatic N) is 2. The highest BCUT2D eigenvalue weighted by Crippen LogP contribution is 2.21. The molecule has 126 valence electrons. The summed E-state index contributed by atoms with van der Waals surface area (Å²) in [4.78, 5) is 14.1. The number of thiazole rings is 1. The van der Waals surface area contributed by atoms with Crippen LogP contribution in [0.25, 0.3) is 10.2 Å². The van der Waals surface area contributed by atoms with E-state index >= 15 is 0 Å². The quantitative estimate of drug-likeness (QED) is 0.795. The van der Waals surface area contributed by atoms with Gasteiger partial charge in [0, 0.05) is 13.6 Å². The molecule has 2 aromatic rings. The fourth-order valence-corrected chi connectivity index (χ4v) is 4.97. The van der Waals surface area contributed by atoms with Gasteiger partial charge in [-0.1, -0.05) is 11.3 Å². The molecule has 1 aromatic heterocycles. The van der Waals surface area contributed by atoms with Crippen LogP contribution in [-0.4, -0.2) is 44.1 Å². The Bertz CT molecular complexity index is 848. The van der Waals surface area contributed by atoms with Crippen molar-refractivity contribution < 1.29 is 8.42 Å². The summed E-state index contributed by atoms with van der Waals surface area (Å²) >= 11 is 1.06. The average Bonchev–Trinajstić information content (AvgIpc) is 3.13. The van der Waals surface area contributed by atoms with Crippen molar-refractivity contribution in [3.63, 3.8) is 0 Å². The molecule has 1 N–H and O–H groups in total. The molecule has 0 aliphatic carbocycles. The predicted molar refractivity (Wildman–Crippen MR) is 92.5 cm³/mol. The van der Waals surface area contributed by atoms with Gasteiger partial charge in [-0.25, -0.2) is 13.1 Å². The summed E-state index contributed by atoms with van der Waals surface area (Å²) in [5, 5.41) is 0. The van der Waals surface area contributed by atoms with Crippen LogP contribution in [-0.2, 0) is 17.1 Å². The fraction of sp³-hybridized carbons (Fsp3) is 0.533. The van der Waals surface area contributed by atoms with Gasteiger partial charge < -0.3 is 9.47 Å². The van der Waals surface area contributed by atoms with Gasteiger partial charge in [0.1, 0.15) is 0 Å². The molecule has 1 aliphatic rings. The third-order valence-electron chi connectivity index (χ3n) is 4.22. The first-order valence-electron chi connectivity index (χ1n) is 7.79. The zero-order valence-corrected chi connectivity index (χ0v) is 14.8. The summed E-state index contributed by atoms with van der Waals surface area (Å²) in [6.07, 6.45) is 3.29. The van der Waals surface area contributed by atoms with E-state index in [0.29, 0.717) is 11.2 Å². The molecular formula is C15H21N3O3S2. The van der Waals surface area contributed by atoms with Gasteiger partial charge in [-0.2, -0.15) is 0 Å². The third kappa shape index (κ3) is 3.65. The van der Waals surface area contributed by atoms with Gasteiger partial charge in [-0.3, -0.25) is 4.79 Å². The van der Waals surface area contributed by atoms with Crippen molar-refractivity contribution in [2.24, 2.45) is 7.05 Å². The van der Waals surface area contributed by atoms with Crippen LogP contribution in [0.5, 0.6) is 0 Å². The SMILES string of the molecule is Cn1c(=O)sc2cc(S(=O)(=O)NCCCN3CCCC3)ccc21. The molecule has 0 unspecified atom stereocenters. The van der Waals surface area contributed by atoms with Crippen molar-refractivity contribution in [1.29, 1.82) is 0 Å². The van der Waals surface area contributed by atoms with Gasteiger partial charge >= 0.3 is 4.87 Å². The fourth-order valence-electron chi connectivity index (χ4n) is 2.88. The molecule has 0 amide bonds. The minimum absolute atomic E-state index is 0.0897. The Morgan fingerprint density at radius 2 is 2.00 bits per heavy atom. The lowest BCUT2D eigenvalue weighted by atomic mass is 10.3. The van der Waals surface area contributed by atoms with Crippen LogP contribution >= 0.6 is 11.3 Å². The lowest BCUT2D eigenvalue weighted by Gasteiger charge is -2.14. The smallest absolute Gasteiger partial charge is 0.303 e. The normalized spacial score (nSPS) is 16.4. The second-order valence-electron chi connectivity index (χ2n) is 5.86. The summed E-state index contributed by atoms with van der Waals surface area (Å²) in [7, 11) is -1.84. The Balaban J connectivity index is 1.65. The number of benzene rings is 1. The molecule has 0 bridgehead atoms. The van der Waals surface area contributed by atoms with Gasteiger partial charge in [-0.05, 0) is 57.1 Å². The maximum Gasteiger partial charge on any atom is 0.307 e. The van der Waals surface area contributed by atoms with E-state index in [1.54, 1.807) is 25.2 Å². The third-order valence-corrected chi connectivity index (χ3v) is 6.67. The molecular weight excluding hydrogens is 334 g/mol. The van der Waals surface area contributed by atoms with Crippen molar-refractivity contribution in [2.75, 3.05) is 26.2 Å². The van der Waals surface area contributed by atoms with Crippen molar-refractivity contribution in [3.05, 3.63) is 27.9 Å². The zero-order chi connectivity index (χ0) is 16.4. The van der Waals surface area contributed by atoms with Crippen LogP contribution in [0, 0.1) is 0 Å². The Labute approximate surface area is 139 Å². The highest BCUT2D eigenvalue weighted by Gasteiger charge is 2.16. The molecule has 0 radical (unpaired) electrons. The lowest BCUT2D eigenvalue weighted by molar-refractivity contribution is 0.334. The summed E-state index contributed by atoms with van der Waals surface area (Å²) in [5.41, 5.74) is 0.757. The molecule has 8 heteroatoms. The minimum atomic E-state index is -3.52. The number of likely N-dealkylation sites (tertiary alicyclic amines) is 1. The van der Waals surface area contributed by atoms with Gasteiger partial charge in [0.25, 0.3) is 0 Å². The van der Waals surface area contributed by atoms with Crippen LogP contribution < -0.4 is 9.60 Å². The maximum atomic E-state index is 12.4. The van der Waals surface area contributed by atoms with E-state index in [0.717, 1.165) is 42.9 Å². The highest BCUT2D eigenvalue weighted by atomic mass is 32.2. The van der Waals surface area contributed by atoms with E-state index in [-0.39, 0.29) is 9.77 Å². The topological polar surface area (TPSA) is 71.4 Å². The monoisotopic (exact) mass is 355 g/mol. The standard InChI is InChI=1S/C15H21N3O3S2/c1-17-13-6-5-12(11-14(13)22-15(17)19)23(20,21)16-7-4-10-18-8-2-3-9-18/h5-6,11,16H,2-4,7-10H2,1H3. The number of aryl methyl sites for hydroxylation is 1. The first kappa shape index (κ1) is 16.6. The van der Waals surface area contributed by atoms with Gasteiger partial charge in [0.05, 0.1) is 15.1 Å². The van der Waals surface area contributed by atoms with Crippen LogP contribution in [0.3, 0.4) is 0 Å². The molecule has 1 aliphatic heterocycles. The van der Waals surface area contributed by atoms with Crippen molar-refractivity contribution in [1.82, 2.24) is 14.2 Å². The summed E-state index contributed by atoms with van der Waals surface area (Å²) in [6, 6.07) is 4.81. The molecule has 0 saturated carbocycles. The number of nitrogens with one attached hydrogen (secondary N) is 1. The van der Waals surface area contributed by atoms with E-state index in [1.807, 2.05) is 0 Å². The van der Waals surface area contributed by atoms with Crippen molar-refractivity contribution in [3.8, 4) is 0 Å². The van der Waals surface area contributed by atoms with E-state index in [2.05, 4.69) is 9.62 Å². The highest BCUT2D eigenvalue weighted by molar-refractivity contribution is 7.89. The Kier molecular flexibility index (Phi) is 4.86. The lowest BCUT2D eigenvalue weighted by Crippen LogP contribution is -2.28. The second kappa shape index (κ2) is 6.72. The van der Waals surface area contributed by atoms with E-state index < -0.39 is 10.0 Å². The van der Waals surface area contributed by atoms with E-state index in [1.165, 1.54) is 17.4 Å². The van der Waals surface area contributed by atoms with Crippen LogP contribution in [0.1, 0.15) is 19.3 Å². The van der Waals surface area contributed by atoms with E-state index in [4.69, 9.17) is 0 Å². The molecule has 1 aromatic carbocycles. The Hall–Kier alpha value is -1.22.